The molecule has 1 heterocycles. The third kappa shape index (κ3) is 1.86. The number of H-pyrrole nitrogens is 1. The second kappa shape index (κ2) is 4.15. The summed E-state index contributed by atoms with van der Waals surface area (Å²) in [6.45, 7) is 7.12. The van der Waals surface area contributed by atoms with Crippen LogP contribution in [0.3, 0.4) is 0 Å². The van der Waals surface area contributed by atoms with Gasteiger partial charge in [-0.3, -0.25) is 0 Å². The highest BCUT2D eigenvalue weighted by atomic mass is 14.7. The molecule has 0 saturated carbocycles. The molecule has 1 N–H and O–H groups in total. The molecule has 1 aromatic heterocycles. The van der Waals surface area contributed by atoms with E-state index in [9.17, 15) is 0 Å². The van der Waals surface area contributed by atoms with Crippen LogP contribution in [0.25, 0.3) is 10.9 Å². The molecule has 0 fully saturated rings. The number of aromatic amines is 1. The van der Waals surface area contributed by atoms with Crippen molar-refractivity contribution in [1.29, 1.82) is 0 Å². The maximum Gasteiger partial charge on any atom is 0.0459 e. The maximum absolute atomic E-state index is 3.71. The van der Waals surface area contributed by atoms with Crippen molar-refractivity contribution in [3.63, 3.8) is 0 Å². The van der Waals surface area contributed by atoms with E-state index in [4.69, 9.17) is 0 Å². The lowest BCUT2D eigenvalue weighted by Crippen LogP contribution is -2.19. The van der Waals surface area contributed by atoms with E-state index >= 15 is 0 Å². The summed E-state index contributed by atoms with van der Waals surface area (Å²) in [5.74, 6) is 0.669. The molecule has 3 rings (SSSR count). The summed E-state index contributed by atoms with van der Waals surface area (Å²) in [5.41, 5.74) is 4.77. The van der Waals surface area contributed by atoms with Gasteiger partial charge in [0.25, 0.3) is 0 Å². The highest BCUT2D eigenvalue weighted by molar-refractivity contribution is 5.85. The van der Waals surface area contributed by atoms with Crippen molar-refractivity contribution in [2.75, 3.05) is 0 Å². The fourth-order valence-electron chi connectivity index (χ4n) is 3.45. The van der Waals surface area contributed by atoms with Crippen molar-refractivity contribution in [2.45, 2.75) is 52.4 Å². The molecule has 1 aliphatic carbocycles. The van der Waals surface area contributed by atoms with Crippen LogP contribution in [0.15, 0.2) is 24.3 Å². The normalized spacial score (nSPS) is 20.7. The van der Waals surface area contributed by atoms with Gasteiger partial charge in [0.05, 0.1) is 0 Å². The number of aromatic nitrogens is 1. The number of para-hydroxylation sites is 1. The first kappa shape index (κ1) is 11.8. The zero-order valence-corrected chi connectivity index (χ0v) is 11.7. The minimum atomic E-state index is 0.347. The third-order valence-corrected chi connectivity index (χ3v) is 4.41. The van der Waals surface area contributed by atoms with Crippen LogP contribution in [0.1, 0.15) is 57.2 Å². The lowest BCUT2D eigenvalue weighted by atomic mass is 9.76. The van der Waals surface area contributed by atoms with Crippen LogP contribution >= 0.6 is 0 Å². The topological polar surface area (TPSA) is 15.8 Å². The lowest BCUT2D eigenvalue weighted by Gasteiger charge is -2.30. The second-order valence-electron chi connectivity index (χ2n) is 6.73. The largest absolute Gasteiger partial charge is 0.358 e. The van der Waals surface area contributed by atoms with E-state index in [1.54, 1.807) is 5.56 Å². The van der Waals surface area contributed by atoms with Crippen molar-refractivity contribution < 1.29 is 0 Å². The molecule has 18 heavy (non-hydrogen) atoms. The summed E-state index contributed by atoms with van der Waals surface area (Å²) in [6, 6.07) is 8.77. The van der Waals surface area contributed by atoms with Crippen molar-refractivity contribution >= 4 is 10.9 Å². The van der Waals surface area contributed by atoms with Crippen LogP contribution < -0.4 is 0 Å². The minimum Gasteiger partial charge on any atom is -0.358 e. The molecule has 0 spiro atoms. The molecule has 1 unspecified atom stereocenters. The van der Waals surface area contributed by atoms with Gasteiger partial charge in [-0.2, -0.15) is 0 Å². The predicted molar refractivity (Wildman–Crippen MR) is 78.0 cm³/mol. The summed E-state index contributed by atoms with van der Waals surface area (Å²) in [5, 5.41) is 1.45. The molecule has 0 aliphatic heterocycles. The van der Waals surface area contributed by atoms with Gasteiger partial charge in [0.15, 0.2) is 0 Å². The Labute approximate surface area is 110 Å². The van der Waals surface area contributed by atoms with Crippen molar-refractivity contribution in [3.05, 3.63) is 35.5 Å². The average Bonchev–Trinajstić information content (AvgIpc) is 2.52. The molecule has 1 nitrogen and oxygen atoms in total. The molecule has 0 saturated heterocycles. The molecule has 2 aromatic rings. The molecule has 0 radical (unpaired) electrons. The fraction of sp³-hybridized carbons (Fsp3) is 0.529. The van der Waals surface area contributed by atoms with E-state index < -0.39 is 0 Å². The van der Waals surface area contributed by atoms with Crippen LogP contribution in [0.5, 0.6) is 0 Å². The van der Waals surface area contributed by atoms with Crippen LogP contribution in [0.4, 0.5) is 0 Å². The first-order valence-corrected chi connectivity index (χ1v) is 7.17. The van der Waals surface area contributed by atoms with Gasteiger partial charge in [-0.05, 0) is 36.3 Å². The van der Waals surface area contributed by atoms with Gasteiger partial charge >= 0.3 is 0 Å². The van der Waals surface area contributed by atoms with Crippen molar-refractivity contribution in [2.24, 2.45) is 5.41 Å². The Kier molecular flexibility index (Phi) is 2.73. The lowest BCUT2D eigenvalue weighted by molar-refractivity contribution is 0.298. The summed E-state index contributed by atoms with van der Waals surface area (Å²) < 4.78 is 0. The monoisotopic (exact) mass is 241 g/mol. The Morgan fingerprint density at radius 1 is 1.11 bits per heavy atom. The van der Waals surface area contributed by atoms with E-state index in [-0.39, 0.29) is 0 Å². The summed E-state index contributed by atoms with van der Waals surface area (Å²) in [4.78, 5) is 3.71. The van der Waals surface area contributed by atoms with Crippen molar-refractivity contribution in [3.8, 4) is 0 Å². The number of fused-ring (bicyclic) bond motifs is 3. The molecule has 1 aliphatic rings. The first-order chi connectivity index (χ1) is 8.57. The van der Waals surface area contributed by atoms with Gasteiger partial charge in [-0.1, -0.05) is 45.4 Å². The number of hydrogen-bond donors (Lipinski definition) is 1. The van der Waals surface area contributed by atoms with Gasteiger partial charge < -0.3 is 4.98 Å². The van der Waals surface area contributed by atoms with Gasteiger partial charge in [-0.25, -0.2) is 0 Å². The number of benzene rings is 1. The highest BCUT2D eigenvalue weighted by Gasteiger charge is 2.31. The predicted octanol–water partition coefficient (Wildman–Crippen LogP) is 5.02. The van der Waals surface area contributed by atoms with Gasteiger partial charge in [0.1, 0.15) is 0 Å². The molecular weight excluding hydrogens is 218 g/mol. The Hall–Kier alpha value is -1.24. The van der Waals surface area contributed by atoms with Crippen LogP contribution in [-0.2, 0) is 6.42 Å². The Morgan fingerprint density at radius 2 is 1.89 bits per heavy atom. The van der Waals surface area contributed by atoms with Crippen molar-refractivity contribution in [1.82, 2.24) is 4.98 Å². The molecule has 0 amide bonds. The first-order valence-electron chi connectivity index (χ1n) is 7.17. The smallest absolute Gasteiger partial charge is 0.0459 e. The Bertz CT molecular complexity index is 556. The average molecular weight is 241 g/mol. The fourth-order valence-corrected chi connectivity index (χ4v) is 3.45. The summed E-state index contributed by atoms with van der Waals surface area (Å²) in [7, 11) is 0. The van der Waals surface area contributed by atoms with Gasteiger partial charge in [0.2, 0.25) is 0 Å². The molecule has 0 bridgehead atoms. The molecular formula is C17H23N. The molecule has 1 atom stereocenters. The van der Waals surface area contributed by atoms with E-state index in [1.165, 1.54) is 42.3 Å². The summed E-state index contributed by atoms with van der Waals surface area (Å²) in [6.07, 6.45) is 5.26. The minimum absolute atomic E-state index is 0.347. The quantitative estimate of drug-likeness (QED) is 0.623. The number of nitrogens with one attached hydrogen (secondary N) is 1. The van der Waals surface area contributed by atoms with Crippen LogP contribution in [0, 0.1) is 5.41 Å². The summed E-state index contributed by atoms with van der Waals surface area (Å²) >= 11 is 0. The molecule has 1 heteroatoms. The standard InChI is InChI=1S/C17H23N/c1-17(2,3)14-10-6-4-9-13-12-8-5-7-11-15(12)18-16(13)14/h5,7-8,11,14,18H,4,6,9-10H2,1-3H3. The highest BCUT2D eigenvalue weighted by Crippen LogP contribution is 2.44. The van der Waals surface area contributed by atoms with E-state index in [2.05, 4.69) is 50.0 Å². The third-order valence-electron chi connectivity index (χ3n) is 4.41. The molecule has 1 aromatic carbocycles. The molecule has 96 valence electrons. The number of rotatable bonds is 0. The van der Waals surface area contributed by atoms with Crippen LogP contribution in [0.2, 0.25) is 0 Å². The van der Waals surface area contributed by atoms with Gasteiger partial charge in [-0.15, -0.1) is 0 Å². The van der Waals surface area contributed by atoms with E-state index in [0.717, 1.165) is 0 Å². The number of aryl methyl sites for hydroxylation is 1. The SMILES string of the molecule is CC(C)(C)C1CCCCc2c1[nH]c1ccccc21. The van der Waals surface area contributed by atoms with Crippen LogP contribution in [-0.4, -0.2) is 4.98 Å². The Balaban J connectivity index is 2.20. The maximum atomic E-state index is 3.71. The van der Waals surface area contributed by atoms with E-state index in [1.807, 2.05) is 0 Å². The zero-order valence-electron chi connectivity index (χ0n) is 11.7. The second-order valence-corrected chi connectivity index (χ2v) is 6.73. The van der Waals surface area contributed by atoms with Gasteiger partial charge in [0, 0.05) is 22.5 Å². The van der Waals surface area contributed by atoms with E-state index in [0.29, 0.717) is 11.3 Å². The zero-order chi connectivity index (χ0) is 12.8. The number of hydrogen-bond acceptors (Lipinski definition) is 0. The Morgan fingerprint density at radius 3 is 2.67 bits per heavy atom.